The number of carbonyl (C=O) groups excluding carboxylic acids is 3. The van der Waals surface area contributed by atoms with Crippen molar-refractivity contribution in [3.63, 3.8) is 0 Å². The first kappa shape index (κ1) is 17.6. The number of rotatable bonds is 5. The Balaban J connectivity index is 1.78. The number of ether oxygens (including phenoxy) is 1. The monoisotopic (exact) mass is 421 g/mol. The highest BCUT2D eigenvalue weighted by atomic mass is 79.9. The zero-order valence-electron chi connectivity index (χ0n) is 13.2. The lowest BCUT2D eigenvalue weighted by Gasteiger charge is -2.17. The second kappa shape index (κ2) is 6.98. The predicted molar refractivity (Wildman–Crippen MR) is 96.9 cm³/mol. The largest absolute Gasteiger partial charge is 0.495 e. The summed E-state index contributed by atoms with van der Waals surface area (Å²) in [5.41, 5.74) is 1.07. The summed E-state index contributed by atoms with van der Waals surface area (Å²) in [7, 11) is 1.48. The first-order chi connectivity index (χ1) is 11.9. The fourth-order valence-corrected chi connectivity index (χ4v) is 3.46. The minimum atomic E-state index is -0.737. The Labute approximate surface area is 157 Å². The van der Waals surface area contributed by atoms with Crippen LogP contribution in [0.25, 0.3) is 0 Å². The van der Waals surface area contributed by atoms with E-state index in [1.165, 1.54) is 13.2 Å². The van der Waals surface area contributed by atoms with E-state index >= 15 is 0 Å². The van der Waals surface area contributed by atoms with Crippen LogP contribution in [-0.4, -0.2) is 41.0 Å². The smallest absolute Gasteiger partial charge is 0.261 e. The molecule has 25 heavy (non-hydrogen) atoms. The molecular weight excluding hydrogens is 410 g/mol. The molecule has 1 aliphatic rings. The van der Waals surface area contributed by atoms with Gasteiger partial charge < -0.3 is 4.74 Å². The van der Waals surface area contributed by atoms with Gasteiger partial charge in [-0.1, -0.05) is 39.7 Å². The van der Waals surface area contributed by atoms with Crippen LogP contribution in [0.4, 0.5) is 0 Å². The molecule has 0 aliphatic carbocycles. The van der Waals surface area contributed by atoms with E-state index in [1.54, 1.807) is 36.4 Å². The van der Waals surface area contributed by atoms with E-state index in [-0.39, 0.29) is 12.3 Å². The van der Waals surface area contributed by atoms with Crippen LogP contribution in [0.15, 0.2) is 42.5 Å². The number of halogens is 2. The van der Waals surface area contributed by atoms with Crippen LogP contribution >= 0.6 is 27.5 Å². The van der Waals surface area contributed by atoms with Gasteiger partial charge in [0, 0.05) is 12.1 Å². The van der Waals surface area contributed by atoms with Crippen LogP contribution in [0.3, 0.4) is 0 Å². The van der Waals surface area contributed by atoms with Crippen molar-refractivity contribution >= 4 is 45.1 Å². The fraction of sp³-hybridized carbons (Fsp3) is 0.167. The normalized spacial score (nSPS) is 14.4. The Morgan fingerprint density at radius 2 is 1.76 bits per heavy atom. The van der Waals surface area contributed by atoms with Crippen molar-refractivity contribution in [3.05, 3.63) is 64.2 Å². The molecule has 128 valence electrons. The van der Waals surface area contributed by atoms with Crippen molar-refractivity contribution in [1.29, 1.82) is 0 Å². The van der Waals surface area contributed by atoms with Gasteiger partial charge in [-0.2, -0.15) is 0 Å². The van der Waals surface area contributed by atoms with Gasteiger partial charge in [-0.05, 0) is 30.3 Å². The van der Waals surface area contributed by atoms with Gasteiger partial charge in [0.1, 0.15) is 5.75 Å². The molecule has 2 aromatic rings. The topological polar surface area (TPSA) is 63.7 Å². The molecule has 5 nitrogen and oxygen atoms in total. The molecule has 1 heterocycles. The van der Waals surface area contributed by atoms with Crippen molar-refractivity contribution in [2.24, 2.45) is 0 Å². The third-order valence-corrected chi connectivity index (χ3v) is 4.94. The Morgan fingerprint density at radius 1 is 1.16 bits per heavy atom. The Morgan fingerprint density at radius 3 is 2.28 bits per heavy atom. The Hall–Kier alpha value is -2.18. The third-order valence-electron chi connectivity index (χ3n) is 3.94. The number of carbonyl (C=O) groups is 3. The Bertz CT molecular complexity index is 848. The first-order valence-corrected chi connectivity index (χ1v) is 8.70. The lowest BCUT2D eigenvalue weighted by molar-refractivity contribution is 0.0653. The lowest BCUT2D eigenvalue weighted by Crippen LogP contribution is -2.37. The molecule has 2 aromatic carbocycles. The van der Waals surface area contributed by atoms with E-state index in [0.717, 1.165) is 4.90 Å². The molecule has 0 saturated carbocycles. The number of ketones is 1. The van der Waals surface area contributed by atoms with Gasteiger partial charge in [-0.15, -0.1) is 0 Å². The fourth-order valence-electron chi connectivity index (χ4n) is 2.65. The molecule has 0 saturated heterocycles. The van der Waals surface area contributed by atoms with E-state index in [1.807, 2.05) is 0 Å². The molecular formula is C18H13BrClNO4. The molecule has 0 bridgehead atoms. The van der Waals surface area contributed by atoms with Crippen molar-refractivity contribution < 1.29 is 19.1 Å². The van der Waals surface area contributed by atoms with Crippen LogP contribution in [0, 0.1) is 0 Å². The number of fused-ring (bicyclic) bond motifs is 1. The zero-order chi connectivity index (χ0) is 18.1. The standard InChI is InChI=1S/C18H13BrClNO4/c1-25-15-7-6-10(8-14(15)20)16(22)13(19)9-21-17(23)11-4-2-3-5-12(11)18(21)24/h2-8,13H,9H2,1H3/t13-/m1/s1. The van der Waals surface area contributed by atoms with Crippen LogP contribution in [0.1, 0.15) is 31.1 Å². The van der Waals surface area contributed by atoms with Gasteiger partial charge >= 0.3 is 0 Å². The minimum absolute atomic E-state index is 0.0607. The molecule has 7 heteroatoms. The van der Waals surface area contributed by atoms with E-state index in [2.05, 4.69) is 15.9 Å². The summed E-state index contributed by atoms with van der Waals surface area (Å²) >= 11 is 9.32. The van der Waals surface area contributed by atoms with Crippen molar-refractivity contribution in [1.82, 2.24) is 4.90 Å². The molecule has 1 aliphatic heterocycles. The average molecular weight is 423 g/mol. The van der Waals surface area contributed by atoms with Crippen molar-refractivity contribution in [2.45, 2.75) is 4.83 Å². The van der Waals surface area contributed by atoms with E-state index < -0.39 is 16.6 Å². The molecule has 0 radical (unpaired) electrons. The molecule has 0 unspecified atom stereocenters. The molecule has 0 spiro atoms. The zero-order valence-corrected chi connectivity index (χ0v) is 15.5. The lowest BCUT2D eigenvalue weighted by atomic mass is 10.1. The highest BCUT2D eigenvalue weighted by Crippen LogP contribution is 2.27. The van der Waals surface area contributed by atoms with Crippen molar-refractivity contribution in [2.75, 3.05) is 13.7 Å². The van der Waals surface area contributed by atoms with Gasteiger partial charge in [0.05, 0.1) is 28.1 Å². The summed E-state index contributed by atoms with van der Waals surface area (Å²) in [6.45, 7) is -0.0607. The van der Waals surface area contributed by atoms with E-state index in [9.17, 15) is 14.4 Å². The van der Waals surface area contributed by atoms with Gasteiger partial charge in [0.2, 0.25) is 0 Å². The summed E-state index contributed by atoms with van der Waals surface area (Å²) in [6.07, 6.45) is 0. The number of Topliss-reactive ketones (excluding diaryl/α,β-unsaturated/α-hetero) is 1. The number of nitrogens with zero attached hydrogens (tertiary/aromatic N) is 1. The van der Waals surface area contributed by atoms with Gasteiger partial charge in [-0.25, -0.2) is 0 Å². The minimum Gasteiger partial charge on any atom is -0.495 e. The highest BCUT2D eigenvalue weighted by Gasteiger charge is 2.37. The van der Waals surface area contributed by atoms with Crippen LogP contribution < -0.4 is 4.74 Å². The molecule has 1 atom stereocenters. The van der Waals surface area contributed by atoms with Crippen molar-refractivity contribution in [3.8, 4) is 5.75 Å². The van der Waals surface area contributed by atoms with E-state index in [4.69, 9.17) is 16.3 Å². The SMILES string of the molecule is COc1ccc(C(=O)[C@H](Br)CN2C(=O)c3ccccc3C2=O)cc1Cl. The van der Waals surface area contributed by atoms with Crippen LogP contribution in [-0.2, 0) is 0 Å². The molecule has 0 aromatic heterocycles. The maximum atomic E-state index is 12.6. The first-order valence-electron chi connectivity index (χ1n) is 7.41. The van der Waals surface area contributed by atoms with Gasteiger partial charge in [-0.3, -0.25) is 19.3 Å². The number of imide groups is 1. The number of benzene rings is 2. The maximum Gasteiger partial charge on any atom is 0.261 e. The number of alkyl halides is 1. The summed E-state index contributed by atoms with van der Waals surface area (Å²) in [4.78, 5) is 37.7. The van der Waals surface area contributed by atoms with E-state index in [0.29, 0.717) is 27.5 Å². The summed E-state index contributed by atoms with van der Waals surface area (Å²) in [5, 5.41) is 0.314. The quantitative estimate of drug-likeness (QED) is 0.420. The van der Waals surface area contributed by atoms with Gasteiger partial charge in [0.15, 0.2) is 5.78 Å². The van der Waals surface area contributed by atoms with Crippen LogP contribution in [0.2, 0.25) is 5.02 Å². The summed E-state index contributed by atoms with van der Waals surface area (Å²) in [5.74, 6) is -0.609. The Kier molecular flexibility index (Phi) is 4.92. The number of hydrogen-bond donors (Lipinski definition) is 0. The summed E-state index contributed by atoms with van der Waals surface area (Å²) in [6, 6.07) is 11.3. The second-order valence-corrected chi connectivity index (χ2v) is 6.96. The molecule has 0 fully saturated rings. The molecule has 0 N–H and O–H groups in total. The average Bonchev–Trinajstić information content (AvgIpc) is 2.86. The predicted octanol–water partition coefficient (Wildman–Crippen LogP) is 3.59. The van der Waals surface area contributed by atoms with Crippen LogP contribution in [0.5, 0.6) is 5.75 Å². The number of amides is 2. The molecule has 2 amide bonds. The highest BCUT2D eigenvalue weighted by molar-refractivity contribution is 9.10. The number of methoxy groups -OCH3 is 1. The maximum absolute atomic E-state index is 12.6. The number of hydrogen-bond acceptors (Lipinski definition) is 4. The second-order valence-electron chi connectivity index (χ2n) is 5.45. The summed E-state index contributed by atoms with van der Waals surface area (Å²) < 4.78 is 5.06. The molecule has 3 rings (SSSR count). The third kappa shape index (κ3) is 3.19. The van der Waals surface area contributed by atoms with Gasteiger partial charge in [0.25, 0.3) is 11.8 Å².